The maximum atomic E-state index is 14.9. The van der Waals surface area contributed by atoms with Crippen LogP contribution in [0.25, 0.3) is 22.3 Å². The summed E-state index contributed by atoms with van der Waals surface area (Å²) in [4.78, 5) is 0. The van der Waals surface area contributed by atoms with Gasteiger partial charge in [0, 0.05) is 22.6 Å². The molecule has 0 aliphatic carbocycles. The minimum Gasteiger partial charge on any atom is -0.423 e. The monoisotopic (exact) mass is 552 g/mol. The van der Waals surface area contributed by atoms with E-state index in [1.807, 2.05) is 0 Å². The fraction of sp³-hybridized carbons (Fsp3) is 0.280. The van der Waals surface area contributed by atoms with Crippen molar-refractivity contribution in [3.05, 3.63) is 77.4 Å². The summed E-state index contributed by atoms with van der Waals surface area (Å²) in [6.07, 6.45) is -13.1. The summed E-state index contributed by atoms with van der Waals surface area (Å²) >= 11 is 0. The highest BCUT2D eigenvalue weighted by Gasteiger charge is 2.61. The molecule has 0 amide bonds. The predicted molar refractivity (Wildman–Crippen MR) is 114 cm³/mol. The van der Waals surface area contributed by atoms with E-state index in [0.29, 0.717) is 6.07 Å². The topological polar surface area (TPSA) is 47.9 Å². The largest absolute Gasteiger partial charge is 0.499 e. The van der Waals surface area contributed by atoms with Crippen molar-refractivity contribution in [3.8, 4) is 28.0 Å². The van der Waals surface area contributed by atoms with Crippen LogP contribution in [0.3, 0.4) is 0 Å². The van der Waals surface area contributed by atoms with Crippen molar-refractivity contribution in [2.24, 2.45) is 5.92 Å². The van der Waals surface area contributed by atoms with Gasteiger partial charge in [0.25, 0.3) is 0 Å². The molecule has 0 bridgehead atoms. The van der Waals surface area contributed by atoms with Gasteiger partial charge in [0.2, 0.25) is 5.82 Å². The van der Waals surface area contributed by atoms with Gasteiger partial charge >= 0.3 is 12.3 Å². The van der Waals surface area contributed by atoms with Crippen LogP contribution in [0, 0.1) is 29.2 Å². The molecular weight excluding hydrogens is 535 g/mol. The van der Waals surface area contributed by atoms with Crippen LogP contribution in [0.15, 0.2) is 48.5 Å². The molecule has 1 fully saturated rings. The van der Waals surface area contributed by atoms with Crippen molar-refractivity contribution in [2.45, 2.75) is 18.6 Å². The van der Waals surface area contributed by atoms with Crippen LogP contribution in [0.4, 0.5) is 39.5 Å². The molecule has 1 aliphatic rings. The van der Waals surface area contributed by atoms with Gasteiger partial charge in [-0.1, -0.05) is 36.4 Å². The van der Waals surface area contributed by atoms with Crippen LogP contribution in [-0.2, 0) is 9.47 Å². The molecule has 3 aromatic rings. The molecule has 38 heavy (non-hydrogen) atoms. The summed E-state index contributed by atoms with van der Waals surface area (Å²) in [5.74, 6) is -8.25. The Bertz CT molecular complexity index is 1300. The van der Waals surface area contributed by atoms with Crippen LogP contribution < -0.4 is 4.74 Å². The minimum absolute atomic E-state index is 0.0424. The van der Waals surface area contributed by atoms with Crippen molar-refractivity contribution in [1.29, 1.82) is 0 Å². The third kappa shape index (κ3) is 5.31. The summed E-state index contributed by atoms with van der Waals surface area (Å²) in [5, 5.41) is 9.11. The Labute approximate surface area is 209 Å². The molecule has 0 unspecified atom stereocenters. The maximum Gasteiger partial charge on any atom is 0.499 e. The average molecular weight is 552 g/mol. The first-order valence-corrected chi connectivity index (χ1v) is 10.9. The summed E-state index contributed by atoms with van der Waals surface area (Å²) in [6.45, 7) is -0.0259. The SMILES string of the molecule is OCC1COC(c2ccc(-c3ccc(-c4ccc(OC(F)(F)C(F)(F)F)c(F)c4F)cc3)c(F)c2F)OC1. The minimum atomic E-state index is -6.16. The van der Waals surface area contributed by atoms with Crippen molar-refractivity contribution in [2.75, 3.05) is 19.8 Å². The third-order valence-electron chi connectivity index (χ3n) is 5.71. The number of aliphatic hydroxyl groups excluding tert-OH is 1. The second kappa shape index (κ2) is 10.5. The highest BCUT2D eigenvalue weighted by molar-refractivity contribution is 5.71. The van der Waals surface area contributed by atoms with Gasteiger partial charge in [-0.05, 0) is 23.3 Å². The first-order valence-electron chi connectivity index (χ1n) is 10.9. The zero-order valence-electron chi connectivity index (χ0n) is 19.0. The van der Waals surface area contributed by atoms with Crippen LogP contribution >= 0.6 is 0 Å². The molecule has 0 spiro atoms. The van der Waals surface area contributed by atoms with Crippen LogP contribution in [0.2, 0.25) is 0 Å². The smallest absolute Gasteiger partial charge is 0.423 e. The number of hydrogen-bond donors (Lipinski definition) is 1. The molecule has 0 atom stereocenters. The van der Waals surface area contributed by atoms with Gasteiger partial charge in [0.05, 0.1) is 19.8 Å². The lowest BCUT2D eigenvalue weighted by Gasteiger charge is -2.29. The molecule has 4 rings (SSSR count). The van der Waals surface area contributed by atoms with Crippen molar-refractivity contribution >= 4 is 0 Å². The van der Waals surface area contributed by atoms with E-state index in [0.717, 1.165) is 6.07 Å². The quantitative estimate of drug-likeness (QED) is 0.343. The fourth-order valence-electron chi connectivity index (χ4n) is 3.66. The van der Waals surface area contributed by atoms with Gasteiger partial charge in [-0.2, -0.15) is 26.3 Å². The Balaban J connectivity index is 1.57. The molecule has 1 aliphatic heterocycles. The van der Waals surface area contributed by atoms with Crippen LogP contribution in [0.1, 0.15) is 11.9 Å². The number of benzene rings is 3. The summed E-state index contributed by atoms with van der Waals surface area (Å²) in [5.41, 5.74) is -0.805. The van der Waals surface area contributed by atoms with E-state index in [9.17, 15) is 39.5 Å². The highest BCUT2D eigenvalue weighted by Crippen LogP contribution is 2.40. The number of rotatable bonds is 6. The lowest BCUT2D eigenvalue weighted by Crippen LogP contribution is -2.42. The van der Waals surface area contributed by atoms with Gasteiger partial charge in [0.15, 0.2) is 29.5 Å². The molecule has 1 saturated heterocycles. The zero-order valence-corrected chi connectivity index (χ0v) is 19.0. The third-order valence-corrected chi connectivity index (χ3v) is 5.71. The van der Waals surface area contributed by atoms with E-state index < -0.39 is 53.2 Å². The lowest BCUT2D eigenvalue weighted by molar-refractivity contribution is -0.361. The lowest BCUT2D eigenvalue weighted by atomic mass is 9.98. The van der Waals surface area contributed by atoms with E-state index in [4.69, 9.17) is 14.6 Å². The van der Waals surface area contributed by atoms with E-state index in [1.165, 1.54) is 36.4 Å². The fourth-order valence-corrected chi connectivity index (χ4v) is 3.66. The second-order valence-corrected chi connectivity index (χ2v) is 8.31. The van der Waals surface area contributed by atoms with E-state index in [-0.39, 0.29) is 48.0 Å². The molecule has 4 nitrogen and oxygen atoms in total. The van der Waals surface area contributed by atoms with Crippen molar-refractivity contribution < 1.29 is 58.8 Å². The standard InChI is InChI=1S/C25H17F9O4/c26-19-15(5-6-17(21(19)28)23-36-10-12(9-35)11-37-23)13-1-3-14(4-2-13)16-7-8-18(22(29)20(16)27)38-25(33,34)24(30,31)32/h1-8,12,23,35H,9-11H2. The number of ether oxygens (including phenoxy) is 3. The molecule has 13 heteroatoms. The van der Waals surface area contributed by atoms with Crippen molar-refractivity contribution in [1.82, 2.24) is 0 Å². The predicted octanol–water partition coefficient (Wildman–Crippen LogP) is 6.76. The number of hydrogen-bond acceptors (Lipinski definition) is 4. The van der Waals surface area contributed by atoms with Crippen LogP contribution in [-0.4, -0.2) is 37.2 Å². The Kier molecular flexibility index (Phi) is 7.64. The van der Waals surface area contributed by atoms with E-state index in [1.54, 1.807) is 0 Å². The van der Waals surface area contributed by atoms with E-state index in [2.05, 4.69) is 4.74 Å². The first-order chi connectivity index (χ1) is 17.8. The molecule has 0 saturated carbocycles. The van der Waals surface area contributed by atoms with Crippen LogP contribution in [0.5, 0.6) is 5.75 Å². The van der Waals surface area contributed by atoms with E-state index >= 15 is 0 Å². The Morgan fingerprint density at radius 2 is 1.21 bits per heavy atom. The number of aliphatic hydroxyl groups is 1. The molecular formula is C25H17F9O4. The van der Waals surface area contributed by atoms with Gasteiger partial charge in [0.1, 0.15) is 0 Å². The summed E-state index contributed by atoms with van der Waals surface area (Å²) in [6, 6.07) is 8.50. The average Bonchev–Trinajstić information content (AvgIpc) is 2.88. The molecule has 1 heterocycles. The van der Waals surface area contributed by atoms with Gasteiger partial charge in [-0.15, -0.1) is 0 Å². The summed E-state index contributed by atoms with van der Waals surface area (Å²) < 4.78 is 135. The second-order valence-electron chi connectivity index (χ2n) is 8.31. The maximum absolute atomic E-state index is 14.9. The molecule has 0 aromatic heterocycles. The number of alkyl halides is 5. The molecule has 204 valence electrons. The molecule has 0 radical (unpaired) electrons. The molecule has 3 aromatic carbocycles. The van der Waals surface area contributed by atoms with Crippen molar-refractivity contribution in [3.63, 3.8) is 0 Å². The van der Waals surface area contributed by atoms with Gasteiger partial charge in [-0.25, -0.2) is 13.2 Å². The highest BCUT2D eigenvalue weighted by atomic mass is 19.4. The number of halogens is 9. The Morgan fingerprint density at radius 3 is 1.71 bits per heavy atom. The van der Waals surface area contributed by atoms with Gasteiger partial charge in [-0.3, -0.25) is 0 Å². The Morgan fingerprint density at radius 1 is 0.711 bits per heavy atom. The molecule has 1 N–H and O–H groups in total. The first kappa shape index (κ1) is 27.7. The summed E-state index contributed by atoms with van der Waals surface area (Å²) in [7, 11) is 0. The Hall–Kier alpha value is -3.29. The van der Waals surface area contributed by atoms with Gasteiger partial charge < -0.3 is 19.3 Å². The zero-order chi connectivity index (χ0) is 27.8. The normalized spacial score (nSPS) is 18.5.